The Morgan fingerprint density at radius 2 is 1.83 bits per heavy atom. The minimum Gasteiger partial charge on any atom is -0.348 e. The van der Waals surface area contributed by atoms with Crippen molar-refractivity contribution in [3.05, 3.63) is 106 Å². The molecule has 0 saturated carbocycles. The minimum absolute atomic E-state index is 0.149. The fourth-order valence-corrected chi connectivity index (χ4v) is 5.00. The maximum atomic E-state index is 12.7. The summed E-state index contributed by atoms with van der Waals surface area (Å²) >= 11 is 0. The third-order valence-corrected chi connectivity index (χ3v) is 6.85. The molecule has 1 aliphatic carbocycles. The number of aromatic amines is 1. The lowest BCUT2D eigenvalue weighted by molar-refractivity contribution is 0.0948. The molecule has 0 spiro atoms. The Bertz CT molecular complexity index is 1300. The predicted molar refractivity (Wildman–Crippen MR) is 137 cm³/mol. The molecule has 0 bridgehead atoms. The standard InChI is InChI=1S/C28H31N7O/c1-19-26(20(2)33-18-32-19)28(36)31-13-21-8-10-22(11-9-21)15-35(16-24-14-29-17-34-24)25-7-3-5-23-6-4-12-30-27(23)25/h4,6,8-12,14,17-18,25H,3,5,7,13,15-16H2,1-2H3,(H,29,34)(H,31,36). The maximum Gasteiger partial charge on any atom is 0.255 e. The number of aromatic nitrogens is 5. The summed E-state index contributed by atoms with van der Waals surface area (Å²) in [7, 11) is 0. The second-order valence-corrected chi connectivity index (χ2v) is 9.36. The van der Waals surface area contributed by atoms with Crippen LogP contribution in [0.5, 0.6) is 0 Å². The van der Waals surface area contributed by atoms with E-state index in [1.165, 1.54) is 23.1 Å². The zero-order chi connectivity index (χ0) is 24.9. The predicted octanol–water partition coefficient (Wildman–Crippen LogP) is 4.22. The smallest absolute Gasteiger partial charge is 0.255 e. The van der Waals surface area contributed by atoms with Crippen molar-refractivity contribution in [2.45, 2.75) is 58.8 Å². The third kappa shape index (κ3) is 5.33. The number of nitrogens with zero attached hydrogens (tertiary/aromatic N) is 5. The number of H-pyrrole nitrogens is 1. The van der Waals surface area contributed by atoms with Gasteiger partial charge >= 0.3 is 0 Å². The van der Waals surface area contributed by atoms with Crippen molar-refractivity contribution in [3.8, 4) is 0 Å². The zero-order valence-corrected chi connectivity index (χ0v) is 20.7. The largest absolute Gasteiger partial charge is 0.348 e. The van der Waals surface area contributed by atoms with Crippen LogP contribution >= 0.6 is 0 Å². The summed E-state index contributed by atoms with van der Waals surface area (Å²) in [6.07, 6.45) is 10.3. The number of carbonyl (C=O) groups excluding carboxylic acids is 1. The highest BCUT2D eigenvalue weighted by Gasteiger charge is 2.27. The van der Waals surface area contributed by atoms with Gasteiger partial charge in [-0.3, -0.25) is 14.7 Å². The van der Waals surface area contributed by atoms with Crippen molar-refractivity contribution in [1.29, 1.82) is 0 Å². The van der Waals surface area contributed by atoms with Crippen molar-refractivity contribution in [1.82, 2.24) is 35.1 Å². The number of hydrogen-bond acceptors (Lipinski definition) is 6. The van der Waals surface area contributed by atoms with E-state index in [0.29, 0.717) is 23.5 Å². The molecule has 0 fully saturated rings. The molecule has 3 aromatic heterocycles. The summed E-state index contributed by atoms with van der Waals surface area (Å²) in [6.45, 7) is 5.67. The van der Waals surface area contributed by atoms with E-state index in [1.54, 1.807) is 6.33 Å². The molecule has 0 aliphatic heterocycles. The number of pyridine rings is 1. The highest BCUT2D eigenvalue weighted by Crippen LogP contribution is 2.34. The van der Waals surface area contributed by atoms with Gasteiger partial charge in [-0.25, -0.2) is 15.0 Å². The van der Waals surface area contributed by atoms with E-state index in [1.807, 2.05) is 32.3 Å². The van der Waals surface area contributed by atoms with Crippen LogP contribution in [-0.4, -0.2) is 35.7 Å². The van der Waals surface area contributed by atoms with Crippen molar-refractivity contribution < 1.29 is 4.79 Å². The molecule has 0 radical (unpaired) electrons. The fraction of sp³-hybridized carbons (Fsp3) is 0.321. The Morgan fingerprint density at radius 3 is 2.58 bits per heavy atom. The lowest BCUT2D eigenvalue weighted by Crippen LogP contribution is -2.31. The Morgan fingerprint density at radius 1 is 1.06 bits per heavy atom. The van der Waals surface area contributed by atoms with Gasteiger partial charge in [-0.2, -0.15) is 0 Å². The number of benzene rings is 1. The van der Waals surface area contributed by atoms with Crippen LogP contribution in [0.3, 0.4) is 0 Å². The average Bonchev–Trinajstić information content (AvgIpc) is 3.41. The second-order valence-electron chi connectivity index (χ2n) is 9.36. The molecule has 3 heterocycles. The van der Waals surface area contributed by atoms with Gasteiger partial charge < -0.3 is 10.3 Å². The zero-order valence-electron chi connectivity index (χ0n) is 20.7. The van der Waals surface area contributed by atoms with Crippen LogP contribution in [0.2, 0.25) is 0 Å². The van der Waals surface area contributed by atoms with Gasteiger partial charge in [0.15, 0.2) is 0 Å². The van der Waals surface area contributed by atoms with Crippen LogP contribution in [0.1, 0.15) is 68.7 Å². The summed E-state index contributed by atoms with van der Waals surface area (Å²) < 4.78 is 0. The number of hydrogen-bond donors (Lipinski definition) is 2. The lowest BCUT2D eigenvalue weighted by atomic mass is 9.90. The van der Waals surface area contributed by atoms with E-state index in [9.17, 15) is 4.79 Å². The normalized spacial score (nSPS) is 15.0. The molecule has 0 saturated heterocycles. The monoisotopic (exact) mass is 481 g/mol. The number of aryl methyl sites for hydroxylation is 3. The molecule has 1 atom stereocenters. The quantitative estimate of drug-likeness (QED) is 0.391. The van der Waals surface area contributed by atoms with E-state index < -0.39 is 0 Å². The van der Waals surface area contributed by atoms with Gasteiger partial charge in [0.2, 0.25) is 0 Å². The van der Waals surface area contributed by atoms with Crippen LogP contribution in [0, 0.1) is 13.8 Å². The first-order valence-corrected chi connectivity index (χ1v) is 12.4. The summed E-state index contributed by atoms with van der Waals surface area (Å²) in [5.41, 5.74) is 7.82. The first-order valence-electron chi connectivity index (χ1n) is 12.4. The van der Waals surface area contributed by atoms with Crippen LogP contribution < -0.4 is 5.32 Å². The molecule has 1 unspecified atom stereocenters. The molecular weight excluding hydrogens is 450 g/mol. The van der Waals surface area contributed by atoms with Crippen LogP contribution in [0.15, 0.2) is 61.4 Å². The van der Waals surface area contributed by atoms with Crippen molar-refractivity contribution >= 4 is 5.91 Å². The van der Waals surface area contributed by atoms with E-state index in [0.717, 1.165) is 43.6 Å². The third-order valence-electron chi connectivity index (χ3n) is 6.85. The van der Waals surface area contributed by atoms with Gasteiger partial charge in [0, 0.05) is 37.7 Å². The lowest BCUT2D eigenvalue weighted by Gasteiger charge is -2.35. The van der Waals surface area contributed by atoms with E-state index in [-0.39, 0.29) is 11.9 Å². The molecule has 36 heavy (non-hydrogen) atoms. The molecule has 2 N–H and O–H groups in total. The Labute approximate surface area is 211 Å². The number of rotatable bonds is 8. The Hall–Kier alpha value is -3.91. The highest BCUT2D eigenvalue weighted by molar-refractivity contribution is 5.96. The molecule has 8 nitrogen and oxygen atoms in total. The SMILES string of the molecule is Cc1ncnc(C)c1C(=O)NCc1ccc(CN(Cc2cnc[nH]2)C2CCCc3cccnc32)cc1. The Kier molecular flexibility index (Phi) is 7.13. The van der Waals surface area contributed by atoms with Gasteiger partial charge in [-0.1, -0.05) is 30.3 Å². The molecule has 4 aromatic rings. The van der Waals surface area contributed by atoms with Crippen LogP contribution in [0.4, 0.5) is 0 Å². The number of nitrogens with one attached hydrogen (secondary N) is 2. The first-order chi connectivity index (χ1) is 17.6. The van der Waals surface area contributed by atoms with Gasteiger partial charge in [0.1, 0.15) is 6.33 Å². The topological polar surface area (TPSA) is 99.7 Å². The van der Waals surface area contributed by atoms with Crippen molar-refractivity contribution in [2.24, 2.45) is 0 Å². The molecule has 5 rings (SSSR count). The number of imidazole rings is 1. The molecule has 184 valence electrons. The first kappa shape index (κ1) is 23.8. The van der Waals surface area contributed by atoms with E-state index in [4.69, 9.17) is 4.98 Å². The number of amides is 1. The molecule has 8 heteroatoms. The average molecular weight is 482 g/mol. The van der Waals surface area contributed by atoms with Crippen LogP contribution in [-0.2, 0) is 26.1 Å². The summed E-state index contributed by atoms with van der Waals surface area (Å²) in [5.74, 6) is -0.149. The van der Waals surface area contributed by atoms with Gasteiger partial charge in [0.25, 0.3) is 5.91 Å². The number of carbonyl (C=O) groups is 1. The van der Waals surface area contributed by atoms with Gasteiger partial charge in [-0.15, -0.1) is 0 Å². The molecule has 1 amide bonds. The van der Waals surface area contributed by atoms with Crippen molar-refractivity contribution in [3.63, 3.8) is 0 Å². The maximum absolute atomic E-state index is 12.7. The minimum atomic E-state index is -0.149. The molecule has 1 aliphatic rings. The van der Waals surface area contributed by atoms with Gasteiger partial charge in [-0.05, 0) is 55.9 Å². The summed E-state index contributed by atoms with van der Waals surface area (Å²) in [4.78, 5) is 35.7. The Balaban J connectivity index is 1.29. The van der Waals surface area contributed by atoms with E-state index >= 15 is 0 Å². The van der Waals surface area contributed by atoms with Gasteiger partial charge in [0.05, 0.1) is 35.0 Å². The fourth-order valence-electron chi connectivity index (χ4n) is 5.00. The van der Waals surface area contributed by atoms with Crippen molar-refractivity contribution in [2.75, 3.05) is 0 Å². The number of fused-ring (bicyclic) bond motifs is 1. The molecular formula is C28H31N7O. The molecule has 1 aromatic carbocycles. The second kappa shape index (κ2) is 10.8. The summed E-state index contributed by atoms with van der Waals surface area (Å²) in [6, 6.07) is 13.0. The van der Waals surface area contributed by atoms with Crippen LogP contribution in [0.25, 0.3) is 0 Å². The van der Waals surface area contributed by atoms with E-state index in [2.05, 4.69) is 60.5 Å². The highest BCUT2D eigenvalue weighted by atomic mass is 16.1. The summed E-state index contributed by atoms with van der Waals surface area (Å²) in [5, 5.41) is 3.00.